The Labute approximate surface area is 142 Å². The van der Waals surface area contributed by atoms with E-state index in [1.807, 2.05) is 23.4 Å². The van der Waals surface area contributed by atoms with Crippen molar-refractivity contribution in [2.75, 3.05) is 6.54 Å². The Hall–Kier alpha value is -2.18. The quantitative estimate of drug-likeness (QED) is 0.813. The van der Waals surface area contributed by atoms with Crippen molar-refractivity contribution < 1.29 is 4.79 Å². The van der Waals surface area contributed by atoms with E-state index in [4.69, 9.17) is 0 Å². The molecule has 1 saturated heterocycles. The third-order valence-corrected chi connectivity index (χ3v) is 5.01. The molecule has 1 atom stereocenters. The first-order valence-corrected chi connectivity index (χ1v) is 8.85. The number of amides is 1. The van der Waals surface area contributed by atoms with Gasteiger partial charge in [0.05, 0.1) is 11.8 Å². The molecule has 0 saturated carbocycles. The Balaban J connectivity index is 1.68. The van der Waals surface area contributed by atoms with E-state index in [0.29, 0.717) is 0 Å². The first-order chi connectivity index (χ1) is 11.7. The number of hydrogen-bond acceptors (Lipinski definition) is 4. The molecule has 0 N–H and O–H groups in total. The van der Waals surface area contributed by atoms with E-state index < -0.39 is 0 Å². The maximum atomic E-state index is 12.9. The van der Waals surface area contributed by atoms with Crippen LogP contribution in [0.25, 0.3) is 0 Å². The molecule has 0 radical (unpaired) electrons. The van der Waals surface area contributed by atoms with E-state index >= 15 is 0 Å². The number of rotatable bonds is 6. The molecule has 1 aliphatic rings. The monoisotopic (exact) mass is 330 g/mol. The van der Waals surface area contributed by atoms with Crippen LogP contribution < -0.4 is 0 Å². The highest BCUT2D eigenvalue weighted by molar-refractivity contribution is 5.95. The number of likely N-dealkylation sites (tertiary alicyclic amines) is 1. The van der Waals surface area contributed by atoms with Crippen molar-refractivity contribution in [3.63, 3.8) is 0 Å². The van der Waals surface area contributed by atoms with Gasteiger partial charge in [-0.15, -0.1) is 10.2 Å². The molecular weight excluding hydrogens is 304 g/mol. The number of aromatic nitrogens is 5. The fourth-order valence-electron chi connectivity index (χ4n) is 3.57. The average Bonchev–Trinajstić information content (AvgIpc) is 3.31. The van der Waals surface area contributed by atoms with Gasteiger partial charge >= 0.3 is 0 Å². The number of nitrogens with zero attached hydrogens (tertiary/aromatic N) is 6. The van der Waals surface area contributed by atoms with E-state index in [9.17, 15) is 4.79 Å². The van der Waals surface area contributed by atoms with Gasteiger partial charge in [0, 0.05) is 37.8 Å². The zero-order valence-corrected chi connectivity index (χ0v) is 14.8. The summed E-state index contributed by atoms with van der Waals surface area (Å²) in [5.74, 6) is 1.12. The summed E-state index contributed by atoms with van der Waals surface area (Å²) in [7, 11) is 0. The predicted molar refractivity (Wildman–Crippen MR) is 90.7 cm³/mol. The second kappa shape index (κ2) is 7.15. The van der Waals surface area contributed by atoms with Crippen LogP contribution in [0.5, 0.6) is 0 Å². The number of carbonyl (C=O) groups is 1. The van der Waals surface area contributed by atoms with Crippen molar-refractivity contribution >= 4 is 5.91 Å². The summed E-state index contributed by atoms with van der Waals surface area (Å²) in [5.41, 5.74) is 1.69. The molecule has 7 nitrogen and oxygen atoms in total. The van der Waals surface area contributed by atoms with Gasteiger partial charge in [-0.25, -0.2) is 0 Å². The maximum Gasteiger partial charge on any atom is 0.257 e. The molecular formula is C17H26N6O. The third kappa shape index (κ3) is 3.07. The second-order valence-electron chi connectivity index (χ2n) is 6.33. The molecule has 130 valence electrons. The summed E-state index contributed by atoms with van der Waals surface area (Å²) in [6.45, 7) is 8.60. The van der Waals surface area contributed by atoms with Gasteiger partial charge in [-0.2, -0.15) is 5.10 Å². The van der Waals surface area contributed by atoms with Gasteiger partial charge in [0.15, 0.2) is 0 Å². The zero-order valence-electron chi connectivity index (χ0n) is 14.8. The molecule has 3 rings (SSSR count). The van der Waals surface area contributed by atoms with Crippen LogP contribution >= 0.6 is 0 Å². The standard InChI is InChI=1S/C17H26N6O/c1-4-21-12-18-20-16(21)9-8-14-7-6-10-22(14)17(24)15-11-19-23(5-2)13(15)3/h11-12,14H,4-10H2,1-3H3. The fraction of sp³-hybridized carbons (Fsp3) is 0.647. The van der Waals surface area contributed by atoms with Gasteiger partial charge in [-0.05, 0) is 40.0 Å². The van der Waals surface area contributed by atoms with E-state index in [-0.39, 0.29) is 11.9 Å². The Morgan fingerprint density at radius 3 is 2.88 bits per heavy atom. The number of aryl methyl sites for hydroxylation is 3. The highest BCUT2D eigenvalue weighted by atomic mass is 16.2. The van der Waals surface area contributed by atoms with Crippen LogP contribution in [0.4, 0.5) is 0 Å². The second-order valence-corrected chi connectivity index (χ2v) is 6.33. The lowest BCUT2D eigenvalue weighted by Crippen LogP contribution is -2.36. The summed E-state index contributed by atoms with van der Waals surface area (Å²) in [6, 6.07) is 0.281. The van der Waals surface area contributed by atoms with Crippen LogP contribution in [0, 0.1) is 6.92 Å². The van der Waals surface area contributed by atoms with Crippen molar-refractivity contribution in [2.45, 2.75) is 65.6 Å². The summed E-state index contributed by atoms with van der Waals surface area (Å²) in [6.07, 6.45) is 7.41. The Morgan fingerprint density at radius 1 is 1.33 bits per heavy atom. The molecule has 2 aromatic heterocycles. The molecule has 0 aromatic carbocycles. The topological polar surface area (TPSA) is 68.8 Å². The lowest BCUT2D eigenvalue weighted by atomic mass is 10.1. The maximum absolute atomic E-state index is 12.9. The molecule has 7 heteroatoms. The van der Waals surface area contributed by atoms with Crippen molar-refractivity contribution in [1.82, 2.24) is 29.4 Å². The van der Waals surface area contributed by atoms with E-state index in [2.05, 4.69) is 26.8 Å². The predicted octanol–water partition coefficient (Wildman–Crippen LogP) is 2.06. The summed E-state index contributed by atoms with van der Waals surface area (Å²) < 4.78 is 3.94. The first kappa shape index (κ1) is 16.7. The minimum absolute atomic E-state index is 0.117. The molecule has 1 fully saturated rings. The lowest BCUT2D eigenvalue weighted by Gasteiger charge is -2.24. The van der Waals surface area contributed by atoms with Gasteiger partial charge < -0.3 is 9.47 Å². The van der Waals surface area contributed by atoms with Gasteiger partial charge in [0.1, 0.15) is 12.2 Å². The van der Waals surface area contributed by atoms with E-state index in [1.165, 1.54) is 0 Å². The van der Waals surface area contributed by atoms with Crippen LogP contribution in [0.15, 0.2) is 12.5 Å². The SMILES string of the molecule is CCn1cnnc1CCC1CCCN1C(=O)c1cnn(CC)c1C. The summed E-state index contributed by atoms with van der Waals surface area (Å²) in [4.78, 5) is 15.0. The minimum Gasteiger partial charge on any atom is -0.336 e. The van der Waals surface area contributed by atoms with E-state index in [0.717, 1.165) is 62.4 Å². The highest BCUT2D eigenvalue weighted by Gasteiger charge is 2.31. The van der Waals surface area contributed by atoms with Crippen molar-refractivity contribution in [2.24, 2.45) is 0 Å². The molecule has 2 aromatic rings. The van der Waals surface area contributed by atoms with Gasteiger partial charge in [0.2, 0.25) is 0 Å². The lowest BCUT2D eigenvalue weighted by molar-refractivity contribution is 0.0729. The van der Waals surface area contributed by atoms with Crippen molar-refractivity contribution in [3.8, 4) is 0 Å². The molecule has 1 aliphatic heterocycles. The Morgan fingerprint density at radius 2 is 2.17 bits per heavy atom. The molecule has 1 amide bonds. The highest BCUT2D eigenvalue weighted by Crippen LogP contribution is 2.24. The molecule has 24 heavy (non-hydrogen) atoms. The summed E-state index contributed by atoms with van der Waals surface area (Å²) in [5, 5.41) is 12.5. The summed E-state index contributed by atoms with van der Waals surface area (Å²) >= 11 is 0. The van der Waals surface area contributed by atoms with Crippen LogP contribution in [-0.2, 0) is 19.5 Å². The smallest absolute Gasteiger partial charge is 0.257 e. The minimum atomic E-state index is 0.117. The Bertz CT molecular complexity index is 704. The molecule has 0 bridgehead atoms. The van der Waals surface area contributed by atoms with Crippen LogP contribution in [-0.4, -0.2) is 47.9 Å². The zero-order chi connectivity index (χ0) is 17.1. The Kier molecular flexibility index (Phi) is 4.97. The fourth-order valence-corrected chi connectivity index (χ4v) is 3.57. The van der Waals surface area contributed by atoms with E-state index in [1.54, 1.807) is 12.5 Å². The molecule has 0 spiro atoms. The number of hydrogen-bond donors (Lipinski definition) is 0. The first-order valence-electron chi connectivity index (χ1n) is 8.85. The van der Waals surface area contributed by atoms with Gasteiger partial charge in [-0.3, -0.25) is 9.48 Å². The van der Waals surface area contributed by atoms with Crippen LogP contribution in [0.1, 0.15) is 55.0 Å². The number of carbonyl (C=O) groups excluding carboxylic acids is 1. The largest absolute Gasteiger partial charge is 0.336 e. The molecule has 0 aliphatic carbocycles. The molecule has 1 unspecified atom stereocenters. The third-order valence-electron chi connectivity index (χ3n) is 5.01. The van der Waals surface area contributed by atoms with Crippen molar-refractivity contribution in [1.29, 1.82) is 0 Å². The molecule has 3 heterocycles. The average molecular weight is 330 g/mol. The van der Waals surface area contributed by atoms with Crippen molar-refractivity contribution in [3.05, 3.63) is 29.6 Å². The van der Waals surface area contributed by atoms with Crippen LogP contribution in [0.3, 0.4) is 0 Å². The van der Waals surface area contributed by atoms with Gasteiger partial charge in [0.25, 0.3) is 5.91 Å². The normalized spacial score (nSPS) is 17.6. The van der Waals surface area contributed by atoms with Crippen LogP contribution in [0.2, 0.25) is 0 Å². The van der Waals surface area contributed by atoms with Gasteiger partial charge in [-0.1, -0.05) is 0 Å².